The highest BCUT2D eigenvalue weighted by atomic mass is 32.1. The lowest BCUT2D eigenvalue weighted by molar-refractivity contribution is -0.141. The molecule has 0 fully saturated rings. The van der Waals surface area contributed by atoms with Crippen molar-refractivity contribution in [3.8, 4) is 0 Å². The van der Waals surface area contributed by atoms with Crippen molar-refractivity contribution < 1.29 is 18.0 Å². The Labute approximate surface area is 182 Å². The predicted octanol–water partition coefficient (Wildman–Crippen LogP) is 5.00. The van der Waals surface area contributed by atoms with Crippen LogP contribution in [0.15, 0.2) is 53.9 Å². The number of nitrogens with zero attached hydrogens (tertiary/aromatic N) is 2. The molecule has 0 saturated heterocycles. The van der Waals surface area contributed by atoms with Gasteiger partial charge in [-0.1, -0.05) is 30.3 Å². The average Bonchev–Trinajstić information content (AvgIpc) is 3.22. The number of benzene rings is 1. The van der Waals surface area contributed by atoms with Gasteiger partial charge in [-0.3, -0.25) is 9.69 Å². The summed E-state index contributed by atoms with van der Waals surface area (Å²) in [6, 6.07) is 14.1. The van der Waals surface area contributed by atoms with Gasteiger partial charge in [0.05, 0.1) is 17.3 Å². The van der Waals surface area contributed by atoms with Crippen molar-refractivity contribution in [2.24, 2.45) is 0 Å². The molecule has 0 aliphatic carbocycles. The molecule has 1 atom stereocenters. The molecule has 1 aliphatic rings. The Balaban J connectivity index is 1.51. The number of aryl methyl sites for hydroxylation is 1. The predicted molar refractivity (Wildman–Crippen MR) is 114 cm³/mol. The van der Waals surface area contributed by atoms with Crippen LogP contribution in [-0.4, -0.2) is 28.9 Å². The Morgan fingerprint density at radius 1 is 1.19 bits per heavy atom. The molecule has 1 amide bonds. The lowest BCUT2D eigenvalue weighted by atomic mass is 10.0. The minimum Gasteiger partial charge on any atom is -0.350 e. The number of amides is 1. The number of aromatic nitrogens is 1. The van der Waals surface area contributed by atoms with E-state index in [-0.39, 0.29) is 17.3 Å². The number of nitrogens with one attached hydrogen (secondary N) is 1. The molecule has 0 spiro atoms. The molecule has 1 aromatic carbocycles. The molecule has 3 heterocycles. The van der Waals surface area contributed by atoms with Gasteiger partial charge in [-0.25, -0.2) is 4.98 Å². The number of pyridine rings is 1. The van der Waals surface area contributed by atoms with Crippen LogP contribution in [0, 0.1) is 6.92 Å². The number of fused-ring (bicyclic) bond motifs is 1. The standard InChI is InChI=1S/C23H22F3N3OS/c1-15-18(7-8-21(28-15)23(24,25)26)22(30)27-13-19(16-5-3-2-4-6-16)29-11-9-20-17(14-29)10-12-31-20/h2-8,10,12,19H,9,11,13-14H2,1H3,(H,27,30). The molecule has 4 nitrogen and oxygen atoms in total. The van der Waals surface area contributed by atoms with E-state index in [1.165, 1.54) is 23.4 Å². The van der Waals surface area contributed by atoms with Crippen LogP contribution in [0.2, 0.25) is 0 Å². The Bertz CT molecular complexity index is 1070. The van der Waals surface area contributed by atoms with Crippen molar-refractivity contribution in [2.45, 2.75) is 32.1 Å². The van der Waals surface area contributed by atoms with Gasteiger partial charge in [0, 0.05) is 24.5 Å². The summed E-state index contributed by atoms with van der Waals surface area (Å²) in [6.07, 6.45) is -3.57. The summed E-state index contributed by atoms with van der Waals surface area (Å²) in [6.45, 7) is 3.45. The van der Waals surface area contributed by atoms with Gasteiger partial charge < -0.3 is 5.32 Å². The lowest BCUT2D eigenvalue weighted by Crippen LogP contribution is -2.40. The molecular weight excluding hydrogens is 423 g/mol. The van der Waals surface area contributed by atoms with Gasteiger partial charge in [0.1, 0.15) is 5.69 Å². The zero-order valence-corrected chi connectivity index (χ0v) is 17.8. The number of hydrogen-bond acceptors (Lipinski definition) is 4. The zero-order chi connectivity index (χ0) is 22.0. The average molecular weight is 446 g/mol. The van der Waals surface area contributed by atoms with E-state index >= 15 is 0 Å². The molecule has 0 bridgehead atoms. The quantitative estimate of drug-likeness (QED) is 0.601. The molecule has 1 aliphatic heterocycles. The second kappa shape index (κ2) is 8.80. The first kappa shape index (κ1) is 21.5. The highest BCUT2D eigenvalue weighted by Gasteiger charge is 2.33. The van der Waals surface area contributed by atoms with Gasteiger partial charge in [-0.15, -0.1) is 11.3 Å². The second-order valence-electron chi connectivity index (χ2n) is 7.55. The maximum Gasteiger partial charge on any atom is 0.433 e. The smallest absolute Gasteiger partial charge is 0.350 e. The topological polar surface area (TPSA) is 45.2 Å². The minimum atomic E-state index is -4.53. The van der Waals surface area contributed by atoms with Crippen molar-refractivity contribution >= 4 is 17.2 Å². The summed E-state index contributed by atoms with van der Waals surface area (Å²) in [5, 5.41) is 5.02. The van der Waals surface area contributed by atoms with Crippen LogP contribution in [0.25, 0.3) is 0 Å². The molecule has 1 N–H and O–H groups in total. The number of rotatable bonds is 5. The summed E-state index contributed by atoms with van der Waals surface area (Å²) in [4.78, 5) is 20.1. The number of carbonyl (C=O) groups excluding carboxylic acids is 1. The van der Waals surface area contributed by atoms with Gasteiger partial charge in [-0.2, -0.15) is 13.2 Å². The molecule has 0 radical (unpaired) electrons. The van der Waals surface area contributed by atoms with E-state index in [4.69, 9.17) is 0 Å². The SMILES string of the molecule is Cc1nc(C(F)(F)F)ccc1C(=O)NCC(c1ccccc1)N1CCc2sccc2C1. The third-order valence-electron chi connectivity index (χ3n) is 5.54. The van der Waals surface area contributed by atoms with Crippen molar-refractivity contribution in [2.75, 3.05) is 13.1 Å². The van der Waals surface area contributed by atoms with Crippen LogP contribution in [0.4, 0.5) is 13.2 Å². The van der Waals surface area contributed by atoms with Gasteiger partial charge in [0.2, 0.25) is 0 Å². The molecule has 8 heteroatoms. The lowest BCUT2D eigenvalue weighted by Gasteiger charge is -2.35. The molecule has 31 heavy (non-hydrogen) atoms. The van der Waals surface area contributed by atoms with E-state index in [9.17, 15) is 18.0 Å². The first-order valence-corrected chi connectivity index (χ1v) is 10.9. The number of carbonyl (C=O) groups is 1. The number of hydrogen-bond donors (Lipinski definition) is 1. The van der Waals surface area contributed by atoms with E-state index < -0.39 is 17.8 Å². The van der Waals surface area contributed by atoms with Gasteiger partial charge in [0.15, 0.2) is 0 Å². The fourth-order valence-electron chi connectivity index (χ4n) is 3.91. The third-order valence-corrected chi connectivity index (χ3v) is 6.56. The van der Waals surface area contributed by atoms with E-state index in [1.807, 2.05) is 30.3 Å². The maximum atomic E-state index is 12.9. The van der Waals surface area contributed by atoms with Crippen molar-refractivity contribution in [1.82, 2.24) is 15.2 Å². The van der Waals surface area contributed by atoms with E-state index in [0.717, 1.165) is 31.1 Å². The molecule has 2 aromatic heterocycles. The van der Waals surface area contributed by atoms with Crippen LogP contribution in [0.1, 0.15) is 43.8 Å². The van der Waals surface area contributed by atoms with Crippen molar-refractivity contribution in [3.63, 3.8) is 0 Å². The molecule has 1 unspecified atom stereocenters. The first-order valence-electron chi connectivity index (χ1n) is 10.00. The van der Waals surface area contributed by atoms with Crippen LogP contribution >= 0.6 is 11.3 Å². The van der Waals surface area contributed by atoms with Crippen molar-refractivity contribution in [1.29, 1.82) is 0 Å². The van der Waals surface area contributed by atoms with Crippen LogP contribution in [0.5, 0.6) is 0 Å². The third kappa shape index (κ3) is 4.80. The summed E-state index contributed by atoms with van der Waals surface area (Å²) < 4.78 is 38.6. The molecule has 4 rings (SSSR count). The number of alkyl halides is 3. The second-order valence-corrected chi connectivity index (χ2v) is 8.55. The van der Waals surface area contributed by atoms with E-state index in [2.05, 4.69) is 26.6 Å². The van der Waals surface area contributed by atoms with E-state index in [0.29, 0.717) is 6.54 Å². The Morgan fingerprint density at radius 2 is 1.97 bits per heavy atom. The monoisotopic (exact) mass is 445 g/mol. The van der Waals surface area contributed by atoms with Crippen LogP contribution in [0.3, 0.4) is 0 Å². The number of thiophene rings is 1. The number of halogens is 3. The molecule has 3 aromatic rings. The fraction of sp³-hybridized carbons (Fsp3) is 0.304. The molecular formula is C23H22F3N3OS. The normalized spacial score (nSPS) is 15.4. The molecule has 0 saturated carbocycles. The zero-order valence-electron chi connectivity index (χ0n) is 16.9. The minimum absolute atomic E-state index is 0.0408. The van der Waals surface area contributed by atoms with Crippen molar-refractivity contribution in [3.05, 3.63) is 86.9 Å². The first-order chi connectivity index (χ1) is 14.8. The largest absolute Gasteiger partial charge is 0.433 e. The fourth-order valence-corrected chi connectivity index (χ4v) is 4.80. The van der Waals surface area contributed by atoms with E-state index in [1.54, 1.807) is 11.3 Å². The van der Waals surface area contributed by atoms with Crippen LogP contribution < -0.4 is 5.32 Å². The van der Waals surface area contributed by atoms with Gasteiger partial charge >= 0.3 is 6.18 Å². The van der Waals surface area contributed by atoms with Gasteiger partial charge in [-0.05, 0) is 48.1 Å². The summed E-state index contributed by atoms with van der Waals surface area (Å²) in [7, 11) is 0. The van der Waals surface area contributed by atoms with Gasteiger partial charge in [0.25, 0.3) is 5.91 Å². The summed E-state index contributed by atoms with van der Waals surface area (Å²) in [5.41, 5.74) is 1.61. The highest BCUT2D eigenvalue weighted by molar-refractivity contribution is 7.10. The Hall–Kier alpha value is -2.71. The Kier molecular flexibility index (Phi) is 6.11. The molecule has 162 valence electrons. The maximum absolute atomic E-state index is 12.9. The highest BCUT2D eigenvalue weighted by Crippen LogP contribution is 2.31. The van der Waals surface area contributed by atoms with Crippen LogP contribution in [-0.2, 0) is 19.1 Å². The summed E-state index contributed by atoms with van der Waals surface area (Å²) in [5.74, 6) is -0.423. The summed E-state index contributed by atoms with van der Waals surface area (Å²) >= 11 is 1.77. The Morgan fingerprint density at radius 3 is 2.68 bits per heavy atom.